The molecule has 0 bridgehead atoms. The molecule has 5 heterocycles. The summed E-state index contributed by atoms with van der Waals surface area (Å²) in [5, 5.41) is 23.0. The first kappa shape index (κ1) is 21.2. The van der Waals surface area contributed by atoms with Gasteiger partial charge >= 0.3 is 0 Å². The van der Waals surface area contributed by atoms with E-state index in [0.29, 0.717) is 6.54 Å². The third-order valence-electron chi connectivity index (χ3n) is 5.38. The van der Waals surface area contributed by atoms with E-state index in [4.69, 9.17) is 4.98 Å². The monoisotopic (exact) mass is 422 g/mol. The molecule has 4 aromatic heterocycles. The zero-order chi connectivity index (χ0) is 22.0. The Morgan fingerprint density at radius 1 is 1.32 bits per heavy atom. The Morgan fingerprint density at radius 2 is 2.13 bits per heavy atom. The van der Waals surface area contributed by atoms with Crippen molar-refractivity contribution >= 4 is 27.9 Å². The van der Waals surface area contributed by atoms with Crippen LogP contribution in [0.15, 0.2) is 30.6 Å². The highest BCUT2D eigenvalue weighted by Crippen LogP contribution is 2.32. The van der Waals surface area contributed by atoms with Gasteiger partial charge in [0.25, 0.3) is 0 Å². The van der Waals surface area contributed by atoms with E-state index in [-0.39, 0.29) is 6.04 Å². The van der Waals surface area contributed by atoms with Crippen LogP contribution in [0.4, 0.5) is 5.82 Å². The molecule has 164 valence electrons. The summed E-state index contributed by atoms with van der Waals surface area (Å²) in [6.07, 6.45) is 4.51. The topological polar surface area (TPSA) is 108 Å². The van der Waals surface area contributed by atoms with Gasteiger partial charge in [0, 0.05) is 50.0 Å². The quantitative estimate of drug-likeness (QED) is 0.465. The zero-order valence-corrected chi connectivity index (χ0v) is 18.5. The minimum atomic E-state index is -0.439. The Hall–Kier alpha value is -3.04. The standard InChI is InChI=1S/C19H22N8O.C3H8/c1-11(28)16-10-27(7-6-20-16)19-17-15(24-25-26(17)2)8-14(23-19)13-9-22-18-12(13)4-3-5-21-18;1-3-2/h3-5,8-9,11,16,20,28H,6-7,10H2,1-2H3,(H,21,22);3H2,1-2H3. The number of aliphatic hydroxyl groups excluding tert-OH is 1. The minimum Gasteiger partial charge on any atom is -0.392 e. The number of aliphatic hydroxyl groups is 1. The first-order chi connectivity index (χ1) is 15.0. The van der Waals surface area contributed by atoms with Gasteiger partial charge in [0.2, 0.25) is 0 Å². The summed E-state index contributed by atoms with van der Waals surface area (Å²) in [6, 6.07) is 5.92. The molecule has 0 saturated carbocycles. The molecule has 0 spiro atoms. The van der Waals surface area contributed by atoms with Crippen molar-refractivity contribution in [2.45, 2.75) is 39.3 Å². The van der Waals surface area contributed by atoms with Crippen LogP contribution in [0.1, 0.15) is 27.2 Å². The number of nitrogens with zero attached hydrogens (tertiary/aromatic N) is 6. The van der Waals surface area contributed by atoms with Gasteiger partial charge in [-0.2, -0.15) is 0 Å². The van der Waals surface area contributed by atoms with Crippen molar-refractivity contribution < 1.29 is 5.11 Å². The van der Waals surface area contributed by atoms with Crippen molar-refractivity contribution in [3.05, 3.63) is 30.6 Å². The van der Waals surface area contributed by atoms with E-state index >= 15 is 0 Å². The van der Waals surface area contributed by atoms with Crippen molar-refractivity contribution in [2.75, 3.05) is 24.5 Å². The van der Waals surface area contributed by atoms with Crippen molar-refractivity contribution in [2.24, 2.45) is 7.05 Å². The van der Waals surface area contributed by atoms with Crippen molar-refractivity contribution in [3.63, 3.8) is 0 Å². The van der Waals surface area contributed by atoms with Gasteiger partial charge in [-0.3, -0.25) is 0 Å². The molecule has 2 unspecified atom stereocenters. The molecular formula is C22H30N8O. The number of pyridine rings is 2. The van der Waals surface area contributed by atoms with E-state index in [1.807, 2.05) is 38.4 Å². The van der Waals surface area contributed by atoms with Gasteiger partial charge in [0.05, 0.1) is 17.8 Å². The maximum absolute atomic E-state index is 10.0. The molecule has 1 fully saturated rings. The third-order valence-corrected chi connectivity index (χ3v) is 5.38. The minimum absolute atomic E-state index is 0.00673. The predicted octanol–water partition coefficient (Wildman–Crippen LogP) is 2.48. The summed E-state index contributed by atoms with van der Waals surface area (Å²) < 4.78 is 1.76. The van der Waals surface area contributed by atoms with Crippen molar-refractivity contribution in [3.8, 4) is 11.3 Å². The molecule has 1 aliphatic heterocycles. The van der Waals surface area contributed by atoms with Crippen LogP contribution in [-0.2, 0) is 7.05 Å². The molecule has 0 aromatic carbocycles. The van der Waals surface area contributed by atoms with E-state index in [0.717, 1.165) is 52.2 Å². The first-order valence-electron chi connectivity index (χ1n) is 10.8. The number of aromatic amines is 1. The van der Waals surface area contributed by atoms with Gasteiger partial charge in [0.1, 0.15) is 16.7 Å². The molecule has 1 saturated heterocycles. The third kappa shape index (κ3) is 4.11. The van der Waals surface area contributed by atoms with Crippen LogP contribution in [0.25, 0.3) is 33.3 Å². The van der Waals surface area contributed by atoms with Gasteiger partial charge in [-0.1, -0.05) is 25.5 Å². The number of piperazine rings is 1. The highest BCUT2D eigenvalue weighted by molar-refractivity contribution is 5.96. The van der Waals surface area contributed by atoms with Crippen LogP contribution in [0, 0.1) is 0 Å². The lowest BCUT2D eigenvalue weighted by Crippen LogP contribution is -2.55. The van der Waals surface area contributed by atoms with Crippen LogP contribution >= 0.6 is 0 Å². The van der Waals surface area contributed by atoms with Gasteiger partial charge in [-0.25, -0.2) is 14.6 Å². The van der Waals surface area contributed by atoms with Crippen molar-refractivity contribution in [1.29, 1.82) is 0 Å². The number of H-pyrrole nitrogens is 1. The summed E-state index contributed by atoms with van der Waals surface area (Å²) in [7, 11) is 1.88. The van der Waals surface area contributed by atoms with E-state index in [1.54, 1.807) is 10.9 Å². The summed E-state index contributed by atoms with van der Waals surface area (Å²) in [4.78, 5) is 14.8. The molecule has 3 N–H and O–H groups in total. The van der Waals surface area contributed by atoms with Crippen molar-refractivity contribution in [1.82, 2.24) is 35.3 Å². The van der Waals surface area contributed by atoms with Crippen LogP contribution in [0.3, 0.4) is 0 Å². The molecule has 0 aliphatic carbocycles. The fourth-order valence-corrected chi connectivity index (χ4v) is 3.88. The number of fused-ring (bicyclic) bond motifs is 2. The molecule has 4 aromatic rings. The highest BCUT2D eigenvalue weighted by Gasteiger charge is 2.27. The maximum atomic E-state index is 10.0. The Kier molecular flexibility index (Phi) is 6.15. The van der Waals surface area contributed by atoms with E-state index in [1.165, 1.54) is 6.42 Å². The number of aryl methyl sites for hydroxylation is 1. The second-order valence-corrected chi connectivity index (χ2v) is 7.97. The summed E-state index contributed by atoms with van der Waals surface area (Å²) in [5.41, 5.74) is 4.34. The summed E-state index contributed by atoms with van der Waals surface area (Å²) in [6.45, 7) is 8.32. The molecule has 0 radical (unpaired) electrons. The molecular weight excluding hydrogens is 392 g/mol. The SMILES string of the molecule is CC(O)C1CN(c2nc(-c3c[nH]c4ncccc34)cc3nnn(C)c23)CCN1.CCC. The smallest absolute Gasteiger partial charge is 0.157 e. The normalized spacial score (nSPS) is 17.6. The molecule has 0 amide bonds. The second-order valence-electron chi connectivity index (χ2n) is 7.97. The van der Waals surface area contributed by atoms with Gasteiger partial charge in [0.15, 0.2) is 5.82 Å². The fraction of sp³-hybridized carbons (Fsp3) is 0.455. The number of rotatable bonds is 3. The molecule has 1 aliphatic rings. The van der Waals surface area contributed by atoms with Crippen LogP contribution in [0.5, 0.6) is 0 Å². The van der Waals surface area contributed by atoms with Crippen LogP contribution in [0.2, 0.25) is 0 Å². The summed E-state index contributed by atoms with van der Waals surface area (Å²) >= 11 is 0. The van der Waals surface area contributed by atoms with Crippen LogP contribution < -0.4 is 10.2 Å². The van der Waals surface area contributed by atoms with Gasteiger partial charge in [-0.05, 0) is 25.1 Å². The Labute approximate surface area is 181 Å². The number of hydrogen-bond donors (Lipinski definition) is 3. The lowest BCUT2D eigenvalue weighted by Gasteiger charge is -2.36. The number of hydrogen-bond acceptors (Lipinski definition) is 7. The number of aromatic nitrogens is 6. The Morgan fingerprint density at radius 3 is 2.90 bits per heavy atom. The average Bonchev–Trinajstić information content (AvgIpc) is 3.37. The largest absolute Gasteiger partial charge is 0.392 e. The molecule has 5 rings (SSSR count). The lowest BCUT2D eigenvalue weighted by molar-refractivity contribution is 0.141. The zero-order valence-electron chi connectivity index (χ0n) is 18.5. The molecule has 9 nitrogen and oxygen atoms in total. The fourth-order valence-electron chi connectivity index (χ4n) is 3.88. The average molecular weight is 423 g/mol. The van der Waals surface area contributed by atoms with Gasteiger partial charge < -0.3 is 20.3 Å². The predicted molar refractivity (Wildman–Crippen MR) is 123 cm³/mol. The molecule has 31 heavy (non-hydrogen) atoms. The lowest BCUT2D eigenvalue weighted by atomic mass is 10.1. The van der Waals surface area contributed by atoms with Crippen LogP contribution in [-0.4, -0.2) is 66.8 Å². The second kappa shape index (κ2) is 8.99. The Balaban J connectivity index is 0.000000730. The number of anilines is 1. The van der Waals surface area contributed by atoms with E-state index < -0.39 is 6.10 Å². The first-order valence-corrected chi connectivity index (χ1v) is 10.8. The number of nitrogens with one attached hydrogen (secondary N) is 2. The van der Waals surface area contributed by atoms with E-state index in [2.05, 4.69) is 44.3 Å². The molecule has 9 heteroatoms. The van der Waals surface area contributed by atoms with Gasteiger partial charge in [-0.15, -0.1) is 5.10 Å². The maximum Gasteiger partial charge on any atom is 0.157 e. The highest BCUT2D eigenvalue weighted by atomic mass is 16.3. The summed E-state index contributed by atoms with van der Waals surface area (Å²) in [5.74, 6) is 0.838. The van der Waals surface area contributed by atoms with E-state index in [9.17, 15) is 5.11 Å². The Bertz CT molecular complexity index is 1160. The molecule has 2 atom stereocenters.